The monoisotopic (exact) mass is 667 g/mol. The molecule has 2 heteroatoms. The van der Waals surface area contributed by atoms with E-state index < -0.39 is 0 Å². The highest BCUT2D eigenvalue weighted by Crippen LogP contribution is 2.46. The normalized spacial score (nSPS) is 13.2. The fourth-order valence-corrected chi connectivity index (χ4v) is 8.33. The summed E-state index contributed by atoms with van der Waals surface area (Å²) in [7, 11) is 0. The minimum absolute atomic E-state index is 0.917. The molecule has 0 aliphatic heterocycles. The molecule has 10 rings (SSSR count). The van der Waals surface area contributed by atoms with Crippen molar-refractivity contribution >= 4 is 66.1 Å². The number of rotatable bonds is 6. The average molecular weight is 668 g/mol. The fourth-order valence-electron chi connectivity index (χ4n) is 8.33. The van der Waals surface area contributed by atoms with E-state index in [4.69, 9.17) is 4.42 Å². The standard InChI is InChI=1S/C50H37NO/c1-3-14-34(15-4-1)35-28-30-37(31-29-35)40-23-12-25-45-46-26-13-24-44(50(46)52-49(40)45)42-32-33-48(43-22-10-9-21-41(42)43)51(38-18-5-2-6-19-38)47-27-11-17-36-16-7-8-20-39(36)47/h2,5-14,16-33H,1,3-4,15H2. The lowest BCUT2D eigenvalue weighted by Crippen LogP contribution is -2.11. The van der Waals surface area contributed by atoms with E-state index in [0.29, 0.717) is 0 Å². The summed E-state index contributed by atoms with van der Waals surface area (Å²) in [6, 6.07) is 61.4. The maximum atomic E-state index is 6.96. The first kappa shape index (κ1) is 30.4. The molecule has 8 aromatic carbocycles. The minimum atomic E-state index is 0.917. The molecule has 0 spiro atoms. The molecule has 0 bridgehead atoms. The van der Waals surface area contributed by atoms with Gasteiger partial charge >= 0.3 is 0 Å². The summed E-state index contributed by atoms with van der Waals surface area (Å²) in [5, 5.41) is 7.07. The van der Waals surface area contributed by atoms with Crippen LogP contribution in [0.25, 0.3) is 71.3 Å². The van der Waals surface area contributed by atoms with Gasteiger partial charge in [0, 0.05) is 38.4 Å². The van der Waals surface area contributed by atoms with E-state index in [1.54, 1.807) is 0 Å². The first-order chi connectivity index (χ1) is 25.8. The smallest absolute Gasteiger partial charge is 0.143 e. The molecule has 0 fully saturated rings. The number of benzene rings is 8. The maximum Gasteiger partial charge on any atom is 0.143 e. The number of para-hydroxylation sites is 3. The molecular formula is C50H37NO. The number of furan rings is 1. The van der Waals surface area contributed by atoms with Crippen LogP contribution < -0.4 is 4.90 Å². The van der Waals surface area contributed by atoms with E-state index in [9.17, 15) is 0 Å². The molecular weight excluding hydrogens is 631 g/mol. The number of anilines is 3. The van der Waals surface area contributed by atoms with Crippen molar-refractivity contribution in [1.82, 2.24) is 0 Å². The quantitative estimate of drug-likeness (QED) is 0.175. The lowest BCUT2D eigenvalue weighted by Gasteiger charge is -2.28. The molecule has 1 aliphatic rings. The van der Waals surface area contributed by atoms with Gasteiger partial charge in [0.2, 0.25) is 0 Å². The van der Waals surface area contributed by atoms with Gasteiger partial charge in [-0.15, -0.1) is 0 Å². The molecule has 0 saturated heterocycles. The van der Waals surface area contributed by atoms with Crippen molar-refractivity contribution in [3.8, 4) is 22.3 Å². The van der Waals surface area contributed by atoms with Crippen LogP contribution in [0.5, 0.6) is 0 Å². The van der Waals surface area contributed by atoms with Crippen molar-refractivity contribution in [2.24, 2.45) is 0 Å². The highest BCUT2D eigenvalue weighted by Gasteiger charge is 2.21. The Hall–Kier alpha value is -6.38. The largest absolute Gasteiger partial charge is 0.455 e. The summed E-state index contributed by atoms with van der Waals surface area (Å²) in [5.74, 6) is 0. The number of nitrogens with zero attached hydrogens (tertiary/aromatic N) is 1. The van der Waals surface area contributed by atoms with Gasteiger partial charge < -0.3 is 9.32 Å². The van der Waals surface area contributed by atoms with E-state index in [1.165, 1.54) is 63.9 Å². The van der Waals surface area contributed by atoms with Gasteiger partial charge in [0.25, 0.3) is 0 Å². The molecule has 2 nitrogen and oxygen atoms in total. The zero-order valence-electron chi connectivity index (χ0n) is 28.9. The molecule has 1 aliphatic carbocycles. The summed E-state index contributed by atoms with van der Waals surface area (Å²) < 4.78 is 6.96. The Kier molecular flexibility index (Phi) is 7.46. The summed E-state index contributed by atoms with van der Waals surface area (Å²) in [6.07, 6.45) is 7.35. The summed E-state index contributed by atoms with van der Waals surface area (Å²) in [4.78, 5) is 2.40. The van der Waals surface area contributed by atoms with Crippen molar-refractivity contribution in [2.45, 2.75) is 25.7 Å². The van der Waals surface area contributed by atoms with Crippen LogP contribution in [-0.4, -0.2) is 0 Å². The zero-order valence-corrected chi connectivity index (χ0v) is 28.9. The lowest BCUT2D eigenvalue weighted by molar-refractivity contribution is 0.671. The predicted molar refractivity (Wildman–Crippen MR) is 221 cm³/mol. The van der Waals surface area contributed by atoms with Gasteiger partial charge in [-0.25, -0.2) is 0 Å². The van der Waals surface area contributed by atoms with Gasteiger partial charge in [-0.3, -0.25) is 0 Å². The van der Waals surface area contributed by atoms with Gasteiger partial charge in [-0.05, 0) is 83.0 Å². The second kappa shape index (κ2) is 12.7. The Morgan fingerprint density at radius 1 is 0.404 bits per heavy atom. The maximum absolute atomic E-state index is 6.96. The second-order valence-electron chi connectivity index (χ2n) is 13.9. The third kappa shape index (κ3) is 5.10. The summed E-state index contributed by atoms with van der Waals surface area (Å²) >= 11 is 0. The van der Waals surface area contributed by atoms with Crippen LogP contribution in [0.4, 0.5) is 17.1 Å². The Balaban J connectivity index is 1.14. The topological polar surface area (TPSA) is 16.4 Å². The van der Waals surface area contributed by atoms with E-state index in [2.05, 4.69) is 181 Å². The van der Waals surface area contributed by atoms with Gasteiger partial charge in [0.15, 0.2) is 0 Å². The molecule has 248 valence electrons. The van der Waals surface area contributed by atoms with E-state index >= 15 is 0 Å². The van der Waals surface area contributed by atoms with Crippen molar-refractivity contribution in [3.05, 3.63) is 181 Å². The van der Waals surface area contributed by atoms with Crippen molar-refractivity contribution in [3.63, 3.8) is 0 Å². The van der Waals surface area contributed by atoms with Crippen LogP contribution in [0.2, 0.25) is 0 Å². The highest BCUT2D eigenvalue weighted by molar-refractivity contribution is 6.16. The van der Waals surface area contributed by atoms with E-state index in [0.717, 1.165) is 55.7 Å². The van der Waals surface area contributed by atoms with Crippen LogP contribution in [0.15, 0.2) is 180 Å². The summed E-state index contributed by atoms with van der Waals surface area (Å²) in [6.45, 7) is 0. The Morgan fingerprint density at radius 3 is 1.81 bits per heavy atom. The minimum Gasteiger partial charge on any atom is -0.455 e. The lowest BCUT2D eigenvalue weighted by atomic mass is 9.92. The van der Waals surface area contributed by atoms with Crippen molar-refractivity contribution in [2.75, 3.05) is 4.90 Å². The van der Waals surface area contributed by atoms with Gasteiger partial charge in [0.05, 0.1) is 11.4 Å². The third-order valence-electron chi connectivity index (χ3n) is 10.8. The number of hydrogen-bond acceptors (Lipinski definition) is 2. The summed E-state index contributed by atoms with van der Waals surface area (Å²) in [5.41, 5.74) is 12.6. The van der Waals surface area contributed by atoms with Crippen LogP contribution in [-0.2, 0) is 0 Å². The van der Waals surface area contributed by atoms with Crippen LogP contribution in [0, 0.1) is 0 Å². The average Bonchev–Trinajstić information content (AvgIpc) is 3.61. The van der Waals surface area contributed by atoms with Gasteiger partial charge in [-0.2, -0.15) is 0 Å². The number of allylic oxidation sites excluding steroid dienone is 2. The fraction of sp³-hybridized carbons (Fsp3) is 0.0800. The second-order valence-corrected chi connectivity index (χ2v) is 13.9. The molecule has 0 unspecified atom stereocenters. The predicted octanol–water partition coefficient (Wildman–Crippen LogP) is 14.7. The van der Waals surface area contributed by atoms with Crippen LogP contribution >= 0.6 is 0 Å². The number of hydrogen-bond donors (Lipinski definition) is 0. The van der Waals surface area contributed by atoms with Crippen LogP contribution in [0.3, 0.4) is 0 Å². The molecule has 9 aromatic rings. The first-order valence-electron chi connectivity index (χ1n) is 18.4. The van der Waals surface area contributed by atoms with Crippen molar-refractivity contribution in [1.29, 1.82) is 0 Å². The molecule has 0 radical (unpaired) electrons. The van der Waals surface area contributed by atoms with E-state index in [1.807, 2.05) is 0 Å². The molecule has 0 atom stereocenters. The first-order valence-corrected chi connectivity index (χ1v) is 18.4. The Morgan fingerprint density at radius 2 is 1.02 bits per heavy atom. The van der Waals surface area contributed by atoms with Crippen LogP contribution in [0.1, 0.15) is 31.2 Å². The van der Waals surface area contributed by atoms with Gasteiger partial charge in [0.1, 0.15) is 11.2 Å². The molecule has 1 heterocycles. The third-order valence-corrected chi connectivity index (χ3v) is 10.8. The molecule has 1 aromatic heterocycles. The Bertz CT molecular complexity index is 2780. The Labute approximate surface area is 303 Å². The van der Waals surface area contributed by atoms with Crippen molar-refractivity contribution < 1.29 is 4.42 Å². The zero-order chi connectivity index (χ0) is 34.4. The molecule has 0 saturated carbocycles. The van der Waals surface area contributed by atoms with E-state index in [-0.39, 0.29) is 0 Å². The molecule has 52 heavy (non-hydrogen) atoms. The molecule has 0 amide bonds. The highest BCUT2D eigenvalue weighted by atomic mass is 16.3. The molecule has 0 N–H and O–H groups in total. The number of fused-ring (bicyclic) bond motifs is 5. The SMILES string of the molecule is C1=C(c2ccc(-c3cccc4c3oc3c(-c5ccc(N(c6ccccc6)c6cccc7ccccc67)c6ccccc56)cccc34)cc2)CCCC1. The van der Waals surface area contributed by atoms with Gasteiger partial charge in [-0.1, -0.05) is 152 Å².